The Morgan fingerprint density at radius 1 is 1.05 bits per heavy atom. The van der Waals surface area contributed by atoms with Crippen LogP contribution >= 0.6 is 0 Å². The smallest absolute Gasteiger partial charge is 0.275 e. The molecule has 2 aromatic rings. The van der Waals surface area contributed by atoms with Crippen molar-refractivity contribution in [3.8, 4) is 11.1 Å². The van der Waals surface area contributed by atoms with Crippen LogP contribution in [0.1, 0.15) is 0 Å². The molecular formula is C11H8F3N3O2S. The van der Waals surface area contributed by atoms with Gasteiger partial charge in [-0.3, -0.25) is 14.7 Å². The Kier molecular flexibility index (Phi) is 3.62. The van der Waals surface area contributed by atoms with E-state index in [1.54, 1.807) is 12.1 Å². The standard InChI is InChI=1S/C11H8F3N3O2S/c12-11(13,14)20(18,19)17-10-3-5-16-7-9(10)8-2-1-4-15-6-8/h1-7H,(H,16,17). The number of nitrogens with one attached hydrogen (secondary N) is 1. The number of halogens is 3. The molecule has 0 fully saturated rings. The second-order valence-electron chi connectivity index (χ2n) is 3.71. The summed E-state index contributed by atoms with van der Waals surface area (Å²) in [5.74, 6) is 0. The minimum atomic E-state index is -5.48. The Hall–Kier alpha value is -2.16. The van der Waals surface area contributed by atoms with Gasteiger partial charge in [-0.15, -0.1) is 0 Å². The maximum absolute atomic E-state index is 12.4. The lowest BCUT2D eigenvalue weighted by Gasteiger charge is -2.13. The first-order valence-electron chi connectivity index (χ1n) is 5.25. The predicted molar refractivity (Wildman–Crippen MR) is 66.1 cm³/mol. The summed E-state index contributed by atoms with van der Waals surface area (Å²) in [7, 11) is -5.48. The number of alkyl halides is 3. The van der Waals surface area contributed by atoms with E-state index >= 15 is 0 Å². The number of anilines is 1. The number of aromatic nitrogens is 2. The molecule has 1 N–H and O–H groups in total. The summed E-state index contributed by atoms with van der Waals surface area (Å²) >= 11 is 0. The van der Waals surface area contributed by atoms with Gasteiger partial charge in [0.05, 0.1) is 5.69 Å². The quantitative estimate of drug-likeness (QED) is 0.945. The zero-order valence-electron chi connectivity index (χ0n) is 9.79. The van der Waals surface area contributed by atoms with Crippen LogP contribution in [0.4, 0.5) is 18.9 Å². The van der Waals surface area contributed by atoms with Crippen molar-refractivity contribution in [2.75, 3.05) is 4.72 Å². The van der Waals surface area contributed by atoms with Crippen molar-refractivity contribution in [1.82, 2.24) is 9.97 Å². The first-order chi connectivity index (χ1) is 9.31. The van der Waals surface area contributed by atoms with Crippen molar-refractivity contribution in [1.29, 1.82) is 0 Å². The van der Waals surface area contributed by atoms with Gasteiger partial charge in [0.15, 0.2) is 0 Å². The van der Waals surface area contributed by atoms with E-state index in [-0.39, 0.29) is 11.3 Å². The van der Waals surface area contributed by atoms with Crippen LogP contribution in [0.5, 0.6) is 0 Å². The molecule has 0 aliphatic carbocycles. The molecule has 2 aromatic heterocycles. The molecule has 106 valence electrons. The van der Waals surface area contributed by atoms with Crippen LogP contribution in [0.3, 0.4) is 0 Å². The molecule has 0 radical (unpaired) electrons. The van der Waals surface area contributed by atoms with Crippen LogP contribution in [-0.2, 0) is 10.0 Å². The zero-order chi connectivity index (χ0) is 14.8. The lowest BCUT2D eigenvalue weighted by molar-refractivity contribution is -0.0429. The third kappa shape index (κ3) is 2.87. The molecule has 0 unspecified atom stereocenters. The van der Waals surface area contributed by atoms with Crippen molar-refractivity contribution in [3.63, 3.8) is 0 Å². The van der Waals surface area contributed by atoms with Gasteiger partial charge >= 0.3 is 15.5 Å². The molecule has 2 rings (SSSR count). The molecule has 0 aliphatic rings. The molecule has 0 atom stereocenters. The van der Waals surface area contributed by atoms with E-state index in [1.165, 1.54) is 29.5 Å². The Labute approximate surface area is 112 Å². The second-order valence-corrected chi connectivity index (χ2v) is 5.39. The van der Waals surface area contributed by atoms with Gasteiger partial charge in [0.1, 0.15) is 0 Å². The number of rotatable bonds is 3. The number of hydrogen-bond donors (Lipinski definition) is 1. The summed E-state index contributed by atoms with van der Waals surface area (Å²) in [6, 6.07) is 4.30. The molecule has 0 amide bonds. The fourth-order valence-corrected chi connectivity index (χ4v) is 2.02. The fourth-order valence-electron chi connectivity index (χ4n) is 1.44. The Morgan fingerprint density at radius 2 is 1.75 bits per heavy atom. The molecule has 0 spiro atoms. The second kappa shape index (κ2) is 5.08. The van der Waals surface area contributed by atoms with Gasteiger partial charge in [0.25, 0.3) is 0 Å². The lowest BCUT2D eigenvalue weighted by Crippen LogP contribution is -2.30. The third-order valence-electron chi connectivity index (χ3n) is 2.34. The van der Waals surface area contributed by atoms with Crippen molar-refractivity contribution >= 4 is 15.7 Å². The third-order valence-corrected chi connectivity index (χ3v) is 3.44. The highest BCUT2D eigenvalue weighted by Crippen LogP contribution is 2.30. The normalized spacial score (nSPS) is 12.2. The van der Waals surface area contributed by atoms with E-state index in [9.17, 15) is 21.6 Å². The van der Waals surface area contributed by atoms with Crippen molar-refractivity contribution < 1.29 is 21.6 Å². The van der Waals surface area contributed by atoms with Crippen molar-refractivity contribution in [2.24, 2.45) is 0 Å². The fraction of sp³-hybridized carbons (Fsp3) is 0.0909. The molecule has 0 saturated heterocycles. The summed E-state index contributed by atoms with van der Waals surface area (Å²) in [6.07, 6.45) is 5.32. The van der Waals surface area contributed by atoms with Gasteiger partial charge in [-0.2, -0.15) is 21.6 Å². The van der Waals surface area contributed by atoms with E-state index in [4.69, 9.17) is 0 Å². The largest absolute Gasteiger partial charge is 0.516 e. The Balaban J connectivity index is 2.45. The van der Waals surface area contributed by atoms with E-state index in [0.717, 1.165) is 6.07 Å². The molecular weight excluding hydrogens is 295 g/mol. The minimum absolute atomic E-state index is 0.202. The Bertz CT molecular complexity index is 702. The SMILES string of the molecule is O=S(=O)(Nc1ccncc1-c1cccnc1)C(F)(F)F. The van der Waals surface area contributed by atoms with Crippen LogP contribution in [0.25, 0.3) is 11.1 Å². The molecule has 2 heterocycles. The van der Waals surface area contributed by atoms with E-state index < -0.39 is 15.5 Å². The van der Waals surface area contributed by atoms with E-state index in [0.29, 0.717) is 5.56 Å². The van der Waals surface area contributed by atoms with Crippen LogP contribution in [0.15, 0.2) is 43.0 Å². The summed E-state index contributed by atoms with van der Waals surface area (Å²) < 4.78 is 60.9. The summed E-state index contributed by atoms with van der Waals surface area (Å²) in [6.45, 7) is 0. The molecule has 0 aliphatic heterocycles. The van der Waals surface area contributed by atoms with Crippen LogP contribution in [0, 0.1) is 0 Å². The number of pyridine rings is 2. The van der Waals surface area contributed by atoms with Gasteiger partial charge in [0.2, 0.25) is 0 Å². The maximum Gasteiger partial charge on any atom is 0.516 e. The molecule has 20 heavy (non-hydrogen) atoms. The lowest BCUT2D eigenvalue weighted by atomic mass is 10.1. The van der Waals surface area contributed by atoms with Gasteiger partial charge in [-0.1, -0.05) is 6.07 Å². The van der Waals surface area contributed by atoms with E-state index in [1.807, 2.05) is 0 Å². The van der Waals surface area contributed by atoms with Crippen LogP contribution in [0.2, 0.25) is 0 Å². The molecule has 9 heteroatoms. The van der Waals surface area contributed by atoms with Gasteiger partial charge in [-0.25, -0.2) is 0 Å². The average Bonchev–Trinajstić information content (AvgIpc) is 2.38. The van der Waals surface area contributed by atoms with Gasteiger partial charge < -0.3 is 0 Å². The van der Waals surface area contributed by atoms with Gasteiger partial charge in [-0.05, 0) is 12.1 Å². The highest BCUT2D eigenvalue weighted by Gasteiger charge is 2.46. The van der Waals surface area contributed by atoms with E-state index in [2.05, 4.69) is 9.97 Å². The molecule has 0 saturated carbocycles. The Morgan fingerprint density at radius 3 is 2.35 bits per heavy atom. The van der Waals surface area contributed by atoms with Crippen LogP contribution < -0.4 is 4.72 Å². The molecule has 5 nitrogen and oxygen atoms in total. The highest BCUT2D eigenvalue weighted by molar-refractivity contribution is 7.93. The summed E-state index contributed by atoms with van der Waals surface area (Å²) in [5.41, 5.74) is -4.96. The summed E-state index contributed by atoms with van der Waals surface area (Å²) in [4.78, 5) is 7.59. The highest BCUT2D eigenvalue weighted by atomic mass is 32.2. The number of nitrogens with zero attached hydrogens (tertiary/aromatic N) is 2. The van der Waals surface area contributed by atoms with Crippen LogP contribution in [-0.4, -0.2) is 23.9 Å². The zero-order valence-corrected chi connectivity index (χ0v) is 10.6. The molecule has 0 bridgehead atoms. The molecule has 0 aromatic carbocycles. The predicted octanol–water partition coefficient (Wildman–Crippen LogP) is 2.41. The number of hydrogen-bond acceptors (Lipinski definition) is 4. The van der Waals surface area contributed by atoms with Crippen molar-refractivity contribution in [3.05, 3.63) is 43.0 Å². The first-order valence-corrected chi connectivity index (χ1v) is 6.73. The number of sulfonamides is 1. The topological polar surface area (TPSA) is 72.0 Å². The van der Waals surface area contributed by atoms with Gasteiger partial charge in [0, 0.05) is 35.9 Å². The maximum atomic E-state index is 12.4. The first kappa shape index (κ1) is 14.3. The van der Waals surface area contributed by atoms with Crippen molar-refractivity contribution in [2.45, 2.75) is 5.51 Å². The average molecular weight is 303 g/mol. The summed E-state index contributed by atoms with van der Waals surface area (Å²) in [5, 5.41) is 0. The minimum Gasteiger partial charge on any atom is -0.275 e. The monoisotopic (exact) mass is 303 g/mol.